The first-order valence-electron chi connectivity index (χ1n) is 12.6. The molecule has 1 saturated heterocycles. The van der Waals surface area contributed by atoms with Crippen LogP contribution in [0, 0.1) is 0 Å². The molecule has 6 atom stereocenters. The molecule has 0 saturated carbocycles. The van der Waals surface area contributed by atoms with Gasteiger partial charge in [0.2, 0.25) is 0 Å². The number of rotatable bonds is 10. The van der Waals surface area contributed by atoms with Crippen molar-refractivity contribution in [3.8, 4) is 5.75 Å². The molecule has 15 heteroatoms. The van der Waals surface area contributed by atoms with Gasteiger partial charge in [0, 0.05) is 17.6 Å². The maximum atomic E-state index is 16.1. The zero-order valence-electron chi connectivity index (χ0n) is 22.6. The molecule has 0 bridgehead atoms. The van der Waals surface area contributed by atoms with Gasteiger partial charge in [-0.05, 0) is 39.1 Å². The van der Waals surface area contributed by atoms with Crippen LogP contribution < -0.4 is 20.9 Å². The van der Waals surface area contributed by atoms with Crippen molar-refractivity contribution in [3.63, 3.8) is 0 Å². The Kier molecular flexibility index (Phi) is 8.55. The van der Waals surface area contributed by atoms with Gasteiger partial charge in [-0.1, -0.05) is 36.4 Å². The van der Waals surface area contributed by atoms with Gasteiger partial charge in [0.1, 0.15) is 30.1 Å². The topological polar surface area (TPSA) is 178 Å². The lowest BCUT2D eigenvalue weighted by Crippen LogP contribution is -2.50. The van der Waals surface area contributed by atoms with Crippen LogP contribution in [0.2, 0.25) is 0 Å². The van der Waals surface area contributed by atoms with Crippen molar-refractivity contribution in [2.24, 2.45) is 0 Å². The van der Waals surface area contributed by atoms with Crippen LogP contribution in [0.25, 0.3) is 10.8 Å². The summed E-state index contributed by atoms with van der Waals surface area (Å²) in [6, 6.07) is 11.6. The number of halogens is 1. The van der Waals surface area contributed by atoms with E-state index < -0.39 is 67.5 Å². The van der Waals surface area contributed by atoms with Gasteiger partial charge in [-0.15, -0.1) is 0 Å². The summed E-state index contributed by atoms with van der Waals surface area (Å²) in [7, 11) is -4.65. The lowest BCUT2D eigenvalue weighted by Gasteiger charge is -2.29. The predicted octanol–water partition coefficient (Wildman–Crippen LogP) is 2.13. The normalized spacial score (nSPS) is 26.5. The van der Waals surface area contributed by atoms with Gasteiger partial charge in [0.05, 0.1) is 6.10 Å². The summed E-state index contributed by atoms with van der Waals surface area (Å²) >= 11 is 0. The van der Waals surface area contributed by atoms with Crippen LogP contribution in [0.3, 0.4) is 0 Å². The van der Waals surface area contributed by atoms with Crippen molar-refractivity contribution >= 4 is 24.5 Å². The molecule has 41 heavy (non-hydrogen) atoms. The number of nitrogens with zero attached hydrogens (tertiary/aromatic N) is 1. The van der Waals surface area contributed by atoms with Crippen LogP contribution in [0.5, 0.6) is 5.75 Å². The SMILES string of the molecule is CC(C)OC(=O)[C@H](C)NP(=O)(OC[C@@]1(F)OC(n2ccc(=O)[nH]c2=O)[C@](C)(O)[C@@H]1O)Oc1cccc2ccccc12. The van der Waals surface area contributed by atoms with E-state index in [-0.39, 0.29) is 5.75 Å². The Balaban J connectivity index is 1.64. The molecular weight excluding hydrogens is 564 g/mol. The molecule has 222 valence electrons. The van der Waals surface area contributed by atoms with E-state index in [9.17, 15) is 29.2 Å². The number of alkyl halides is 1. The molecule has 2 aromatic carbocycles. The van der Waals surface area contributed by atoms with E-state index in [0.717, 1.165) is 24.6 Å². The summed E-state index contributed by atoms with van der Waals surface area (Å²) in [5.74, 6) is -3.95. The zero-order chi connectivity index (χ0) is 30.2. The number of hydrogen-bond donors (Lipinski definition) is 4. The van der Waals surface area contributed by atoms with Crippen molar-refractivity contribution in [1.29, 1.82) is 0 Å². The minimum absolute atomic E-state index is 0.0776. The number of benzene rings is 2. The van der Waals surface area contributed by atoms with Crippen LogP contribution in [0.4, 0.5) is 4.39 Å². The lowest BCUT2D eigenvalue weighted by atomic mass is 9.95. The fraction of sp³-hybridized carbons (Fsp3) is 0.423. The first-order chi connectivity index (χ1) is 19.1. The van der Waals surface area contributed by atoms with Crippen LogP contribution in [-0.4, -0.2) is 62.0 Å². The Morgan fingerprint density at radius 2 is 1.88 bits per heavy atom. The molecule has 0 amide bonds. The van der Waals surface area contributed by atoms with E-state index >= 15 is 4.39 Å². The number of carbonyl (C=O) groups is 1. The molecule has 4 rings (SSSR count). The van der Waals surface area contributed by atoms with E-state index in [4.69, 9.17) is 18.5 Å². The highest BCUT2D eigenvalue weighted by atomic mass is 31.2. The standard InChI is InChI=1S/C26H31FN3O10P/c1-15(2)38-21(32)16(3)29-41(36,40-19-11-7-9-17-8-5-6-10-18(17)19)37-14-26(27)22(33)25(4,35)23(39-26)30-13-12-20(31)28-24(30)34/h5-13,15-16,22-23,33,35H,14H2,1-4H3,(H,29,36)(H,28,31,34)/t16-,22-,23?,25+,26+,41?/m0/s1. The lowest BCUT2D eigenvalue weighted by molar-refractivity contribution is -0.204. The Morgan fingerprint density at radius 3 is 2.56 bits per heavy atom. The van der Waals surface area contributed by atoms with Gasteiger partial charge in [-0.3, -0.25) is 23.7 Å². The first kappa shape index (κ1) is 30.6. The summed E-state index contributed by atoms with van der Waals surface area (Å²) in [6.07, 6.45) is -3.68. The average molecular weight is 596 g/mol. The monoisotopic (exact) mass is 595 g/mol. The summed E-state index contributed by atoms with van der Waals surface area (Å²) in [5, 5.41) is 25.3. The summed E-state index contributed by atoms with van der Waals surface area (Å²) in [6.45, 7) is 4.31. The molecular formula is C26H31FN3O10P. The van der Waals surface area contributed by atoms with Gasteiger partial charge in [0.25, 0.3) is 11.4 Å². The van der Waals surface area contributed by atoms with E-state index in [0.29, 0.717) is 9.95 Å². The highest BCUT2D eigenvalue weighted by Gasteiger charge is 2.63. The number of H-pyrrole nitrogens is 1. The van der Waals surface area contributed by atoms with Crippen molar-refractivity contribution in [1.82, 2.24) is 14.6 Å². The third-order valence-corrected chi connectivity index (χ3v) is 7.94. The Hall–Kier alpha value is -3.39. The highest BCUT2D eigenvalue weighted by molar-refractivity contribution is 7.52. The first-order valence-corrected chi connectivity index (χ1v) is 14.2. The molecule has 1 aromatic heterocycles. The second-order valence-corrected chi connectivity index (χ2v) is 11.8. The molecule has 0 aliphatic carbocycles. The minimum atomic E-state index is -4.65. The molecule has 0 radical (unpaired) electrons. The minimum Gasteiger partial charge on any atom is -0.462 e. The average Bonchev–Trinajstić information content (AvgIpc) is 3.07. The van der Waals surface area contributed by atoms with E-state index in [1.54, 1.807) is 50.2 Å². The number of carbonyl (C=O) groups excluding carboxylic acids is 1. The quantitative estimate of drug-likeness (QED) is 0.199. The van der Waals surface area contributed by atoms with E-state index in [2.05, 4.69) is 5.09 Å². The molecule has 4 N–H and O–H groups in total. The summed E-state index contributed by atoms with van der Waals surface area (Å²) in [5.41, 5.74) is -4.20. The van der Waals surface area contributed by atoms with Gasteiger partial charge >= 0.3 is 19.4 Å². The molecule has 1 fully saturated rings. The largest absolute Gasteiger partial charge is 0.462 e. The predicted molar refractivity (Wildman–Crippen MR) is 144 cm³/mol. The fourth-order valence-electron chi connectivity index (χ4n) is 4.30. The number of esters is 1. The highest BCUT2D eigenvalue weighted by Crippen LogP contribution is 2.51. The number of ether oxygens (including phenoxy) is 2. The number of aliphatic hydroxyl groups excluding tert-OH is 1. The zero-order valence-corrected chi connectivity index (χ0v) is 23.5. The van der Waals surface area contributed by atoms with Crippen LogP contribution in [0.15, 0.2) is 64.3 Å². The second-order valence-electron chi connectivity index (χ2n) is 10.1. The third kappa shape index (κ3) is 6.43. The van der Waals surface area contributed by atoms with Gasteiger partial charge in [-0.2, -0.15) is 5.09 Å². The summed E-state index contributed by atoms with van der Waals surface area (Å²) in [4.78, 5) is 38.1. The maximum absolute atomic E-state index is 16.1. The Morgan fingerprint density at radius 1 is 1.20 bits per heavy atom. The van der Waals surface area contributed by atoms with E-state index in [1.165, 1.54) is 13.0 Å². The van der Waals surface area contributed by atoms with Crippen molar-refractivity contribution < 1.29 is 42.5 Å². The van der Waals surface area contributed by atoms with Crippen LogP contribution in [0.1, 0.15) is 33.9 Å². The van der Waals surface area contributed by atoms with Crippen molar-refractivity contribution in [2.75, 3.05) is 6.61 Å². The van der Waals surface area contributed by atoms with Gasteiger partial charge in [0.15, 0.2) is 6.23 Å². The van der Waals surface area contributed by atoms with Crippen LogP contribution >= 0.6 is 7.75 Å². The second kappa shape index (κ2) is 11.5. The van der Waals surface area contributed by atoms with E-state index in [1.807, 2.05) is 4.98 Å². The van der Waals surface area contributed by atoms with Gasteiger partial charge in [-0.25, -0.2) is 13.8 Å². The smallest absolute Gasteiger partial charge is 0.459 e. The maximum Gasteiger partial charge on any atom is 0.459 e. The molecule has 2 heterocycles. The molecule has 3 aromatic rings. The number of nitrogens with one attached hydrogen (secondary N) is 2. The fourth-order valence-corrected chi connectivity index (χ4v) is 5.82. The number of hydrogen-bond acceptors (Lipinski definition) is 10. The molecule has 1 aliphatic rings. The molecule has 2 unspecified atom stereocenters. The van der Waals surface area contributed by atoms with Crippen molar-refractivity contribution in [3.05, 3.63) is 75.6 Å². The number of aromatic amines is 1. The Bertz CT molecular complexity index is 1590. The molecule has 1 aliphatic heterocycles. The molecule has 0 spiro atoms. The van der Waals surface area contributed by atoms with Crippen LogP contribution in [-0.2, 0) is 23.4 Å². The molecule has 13 nitrogen and oxygen atoms in total. The number of aliphatic hydroxyl groups is 2. The summed E-state index contributed by atoms with van der Waals surface area (Å²) < 4.78 is 52.3. The third-order valence-electron chi connectivity index (χ3n) is 6.33. The van der Waals surface area contributed by atoms with Gasteiger partial charge < -0.3 is 24.2 Å². The Labute approximate surface area is 233 Å². The van der Waals surface area contributed by atoms with Crippen molar-refractivity contribution in [2.45, 2.75) is 63.6 Å². The number of aromatic nitrogens is 2. The number of fused-ring (bicyclic) bond motifs is 1.